The zero-order valence-electron chi connectivity index (χ0n) is 9.96. The van der Waals surface area contributed by atoms with Gasteiger partial charge in [-0.1, -0.05) is 31.9 Å². The fraction of sp³-hybridized carbons (Fsp3) is 0.750. The smallest absolute Gasteiger partial charge is 0.305 e. The van der Waals surface area contributed by atoms with Gasteiger partial charge < -0.3 is 5.11 Å². The van der Waals surface area contributed by atoms with E-state index in [0.717, 1.165) is 11.3 Å². The number of hydrogen-bond donors (Lipinski definition) is 1. The summed E-state index contributed by atoms with van der Waals surface area (Å²) in [6, 6.07) is 0. The first-order chi connectivity index (χ1) is 8.93. The molecular formula is C12H13Br2NO4. The molecule has 3 fully saturated rings. The summed E-state index contributed by atoms with van der Waals surface area (Å²) in [7, 11) is 0. The molecule has 1 saturated heterocycles. The molecule has 2 bridgehead atoms. The first-order valence-electron chi connectivity index (χ1n) is 6.28. The van der Waals surface area contributed by atoms with Crippen molar-refractivity contribution in [1.29, 1.82) is 0 Å². The molecule has 104 valence electrons. The average molecular weight is 395 g/mol. The molecule has 0 unspecified atom stereocenters. The number of amides is 2. The van der Waals surface area contributed by atoms with Crippen molar-refractivity contribution in [2.24, 2.45) is 23.7 Å². The highest BCUT2D eigenvalue weighted by Gasteiger charge is 2.66. The molecule has 0 aromatic heterocycles. The standard InChI is InChI=1S/C12H13Br2NO4/c13-9-4-3-5(10(9)14)8-7(4)11(18)15(12(8)19)2-1-6(16)17/h4-5,7-10H,1-3H2,(H,16,17)/t4-,5+,7+,8-,9-,10+. The Morgan fingerprint density at radius 2 is 1.63 bits per heavy atom. The topological polar surface area (TPSA) is 74.7 Å². The van der Waals surface area contributed by atoms with Crippen LogP contribution in [-0.2, 0) is 14.4 Å². The van der Waals surface area contributed by atoms with Crippen molar-refractivity contribution in [1.82, 2.24) is 4.90 Å². The molecule has 0 spiro atoms. The quantitative estimate of drug-likeness (QED) is 0.577. The van der Waals surface area contributed by atoms with E-state index in [4.69, 9.17) is 5.11 Å². The molecule has 7 heteroatoms. The molecule has 0 radical (unpaired) electrons. The number of carboxylic acid groups (broad SMARTS) is 1. The van der Waals surface area contributed by atoms with Crippen LogP contribution in [-0.4, -0.2) is 44.0 Å². The number of fused-ring (bicyclic) bond motifs is 5. The third kappa shape index (κ3) is 1.81. The number of halogens is 2. The second-order valence-electron chi connectivity index (χ2n) is 5.48. The zero-order valence-corrected chi connectivity index (χ0v) is 13.1. The van der Waals surface area contributed by atoms with Gasteiger partial charge in [-0.15, -0.1) is 0 Å². The molecule has 3 rings (SSSR count). The Labute approximate surface area is 127 Å². The Morgan fingerprint density at radius 1 is 1.16 bits per heavy atom. The summed E-state index contributed by atoms with van der Waals surface area (Å²) in [6.45, 7) is -0.000650. The first kappa shape index (κ1) is 13.5. The zero-order chi connectivity index (χ0) is 13.9. The second-order valence-corrected chi connectivity index (χ2v) is 7.59. The predicted molar refractivity (Wildman–Crippen MR) is 73.0 cm³/mol. The van der Waals surface area contributed by atoms with Crippen LogP contribution in [0.25, 0.3) is 0 Å². The monoisotopic (exact) mass is 393 g/mol. The van der Waals surface area contributed by atoms with Gasteiger partial charge in [0.2, 0.25) is 11.8 Å². The summed E-state index contributed by atoms with van der Waals surface area (Å²) in [6.07, 6.45) is 0.715. The largest absolute Gasteiger partial charge is 0.481 e. The highest BCUT2D eigenvalue weighted by Crippen LogP contribution is 2.60. The summed E-state index contributed by atoms with van der Waals surface area (Å²) in [5.74, 6) is -1.46. The molecule has 1 aliphatic heterocycles. The van der Waals surface area contributed by atoms with E-state index in [1.165, 1.54) is 0 Å². The van der Waals surface area contributed by atoms with E-state index in [9.17, 15) is 14.4 Å². The lowest BCUT2D eigenvalue weighted by Crippen LogP contribution is -2.37. The molecule has 1 heterocycles. The van der Waals surface area contributed by atoms with E-state index in [1.807, 2.05) is 0 Å². The van der Waals surface area contributed by atoms with Gasteiger partial charge in [-0.25, -0.2) is 0 Å². The Kier molecular flexibility index (Phi) is 3.24. The van der Waals surface area contributed by atoms with E-state index >= 15 is 0 Å². The van der Waals surface area contributed by atoms with Crippen molar-refractivity contribution in [3.8, 4) is 0 Å². The average Bonchev–Trinajstić information content (AvgIpc) is 2.93. The number of imide groups is 1. The highest BCUT2D eigenvalue weighted by atomic mass is 79.9. The Balaban J connectivity index is 1.83. The predicted octanol–water partition coefficient (Wildman–Crippen LogP) is 1.24. The Hall–Kier alpha value is -0.430. The van der Waals surface area contributed by atoms with Gasteiger partial charge in [-0.05, 0) is 18.3 Å². The lowest BCUT2D eigenvalue weighted by atomic mass is 9.81. The number of rotatable bonds is 3. The van der Waals surface area contributed by atoms with Gasteiger partial charge in [0, 0.05) is 16.2 Å². The number of hydrogen-bond acceptors (Lipinski definition) is 3. The summed E-state index contributed by atoms with van der Waals surface area (Å²) < 4.78 is 0. The van der Waals surface area contributed by atoms with Crippen LogP contribution in [0.2, 0.25) is 0 Å². The molecule has 0 aromatic rings. The molecule has 2 aliphatic carbocycles. The van der Waals surface area contributed by atoms with Crippen molar-refractivity contribution in [3.05, 3.63) is 0 Å². The molecule has 5 nitrogen and oxygen atoms in total. The number of likely N-dealkylation sites (tertiary alicyclic amines) is 1. The van der Waals surface area contributed by atoms with Gasteiger partial charge in [0.15, 0.2) is 0 Å². The molecule has 1 N–H and O–H groups in total. The fourth-order valence-corrected chi connectivity index (χ4v) is 5.71. The minimum absolute atomic E-state index is 0.000650. The number of nitrogens with zero attached hydrogens (tertiary/aromatic N) is 1. The first-order valence-corrected chi connectivity index (χ1v) is 8.11. The lowest BCUT2D eigenvalue weighted by Gasteiger charge is -2.28. The van der Waals surface area contributed by atoms with Gasteiger partial charge in [0.25, 0.3) is 0 Å². The number of alkyl halides is 2. The highest BCUT2D eigenvalue weighted by molar-refractivity contribution is 9.12. The number of aliphatic carboxylic acids is 1. The molecular weight excluding hydrogens is 382 g/mol. The van der Waals surface area contributed by atoms with E-state index < -0.39 is 5.97 Å². The van der Waals surface area contributed by atoms with Crippen LogP contribution < -0.4 is 0 Å². The van der Waals surface area contributed by atoms with E-state index in [2.05, 4.69) is 31.9 Å². The van der Waals surface area contributed by atoms with Crippen molar-refractivity contribution in [3.63, 3.8) is 0 Å². The van der Waals surface area contributed by atoms with Crippen molar-refractivity contribution in [2.75, 3.05) is 6.54 Å². The van der Waals surface area contributed by atoms with Crippen LogP contribution in [0.15, 0.2) is 0 Å². The van der Waals surface area contributed by atoms with Crippen LogP contribution >= 0.6 is 31.9 Å². The maximum absolute atomic E-state index is 12.3. The van der Waals surface area contributed by atoms with Crippen LogP contribution in [0, 0.1) is 23.7 Å². The lowest BCUT2D eigenvalue weighted by molar-refractivity contribution is -0.142. The number of carboxylic acids is 1. The van der Waals surface area contributed by atoms with Gasteiger partial charge in [-0.3, -0.25) is 19.3 Å². The van der Waals surface area contributed by atoms with E-state index in [-0.39, 0.29) is 58.1 Å². The van der Waals surface area contributed by atoms with Crippen LogP contribution in [0.3, 0.4) is 0 Å². The van der Waals surface area contributed by atoms with E-state index in [1.54, 1.807) is 0 Å². The minimum atomic E-state index is -0.989. The summed E-state index contributed by atoms with van der Waals surface area (Å²) in [5, 5.41) is 8.69. The molecule has 2 amide bonds. The van der Waals surface area contributed by atoms with Crippen molar-refractivity contribution < 1.29 is 19.5 Å². The molecule has 6 atom stereocenters. The van der Waals surface area contributed by atoms with Crippen LogP contribution in [0.1, 0.15) is 12.8 Å². The maximum atomic E-state index is 12.3. The fourth-order valence-electron chi connectivity index (χ4n) is 3.84. The second kappa shape index (κ2) is 4.55. The SMILES string of the molecule is O=C(O)CCN1C(=O)[C@@H]2[C@@H]3C[C@@H]([C@@H](Br)[C@H]3Br)[C@@H]2C1=O. The van der Waals surface area contributed by atoms with Gasteiger partial charge >= 0.3 is 5.97 Å². The molecule has 3 aliphatic rings. The summed E-state index contributed by atoms with van der Waals surface area (Å²) in [5.41, 5.74) is 0. The number of carbonyl (C=O) groups excluding carboxylic acids is 2. The maximum Gasteiger partial charge on any atom is 0.305 e. The minimum Gasteiger partial charge on any atom is -0.481 e. The normalized spacial score (nSPS) is 44.0. The van der Waals surface area contributed by atoms with Crippen molar-refractivity contribution in [2.45, 2.75) is 22.5 Å². The van der Waals surface area contributed by atoms with Gasteiger partial charge in [0.1, 0.15) is 0 Å². The summed E-state index contributed by atoms with van der Waals surface area (Å²) in [4.78, 5) is 36.8. The van der Waals surface area contributed by atoms with Crippen molar-refractivity contribution >= 4 is 49.6 Å². The molecule has 19 heavy (non-hydrogen) atoms. The van der Waals surface area contributed by atoms with Gasteiger partial charge in [0.05, 0.1) is 18.3 Å². The number of carbonyl (C=O) groups is 3. The van der Waals surface area contributed by atoms with Crippen LogP contribution in [0.5, 0.6) is 0 Å². The Bertz CT molecular complexity index is 437. The van der Waals surface area contributed by atoms with E-state index in [0.29, 0.717) is 0 Å². The molecule has 2 saturated carbocycles. The van der Waals surface area contributed by atoms with Crippen LogP contribution in [0.4, 0.5) is 0 Å². The summed E-state index contributed by atoms with van der Waals surface area (Å²) >= 11 is 7.21. The third-order valence-corrected chi connectivity index (χ3v) is 7.83. The molecule has 0 aromatic carbocycles. The van der Waals surface area contributed by atoms with Gasteiger partial charge in [-0.2, -0.15) is 0 Å². The third-order valence-electron chi connectivity index (χ3n) is 4.63. The Morgan fingerprint density at radius 3 is 2.05 bits per heavy atom.